The van der Waals surface area contributed by atoms with E-state index in [1.807, 2.05) is 36.4 Å². The van der Waals surface area contributed by atoms with Crippen LogP contribution in [-0.2, 0) is 0 Å². The van der Waals surface area contributed by atoms with E-state index in [-0.39, 0.29) is 11.6 Å². The predicted octanol–water partition coefficient (Wildman–Crippen LogP) is 5.11. The molecule has 4 rings (SSSR count). The van der Waals surface area contributed by atoms with Gasteiger partial charge >= 0.3 is 0 Å². The van der Waals surface area contributed by atoms with Gasteiger partial charge in [0.05, 0.1) is 5.56 Å². The molecule has 0 saturated carbocycles. The van der Waals surface area contributed by atoms with Gasteiger partial charge in [-0.2, -0.15) is 0 Å². The summed E-state index contributed by atoms with van der Waals surface area (Å²) in [5.41, 5.74) is 3.30. The molecule has 0 bridgehead atoms. The van der Waals surface area contributed by atoms with Crippen LogP contribution in [0.5, 0.6) is 5.75 Å². The Morgan fingerprint density at radius 2 is 1.62 bits per heavy atom. The first-order valence-electron chi connectivity index (χ1n) is 7.60. The molecule has 0 spiro atoms. The van der Waals surface area contributed by atoms with Gasteiger partial charge in [0, 0.05) is 0 Å². The minimum Gasteiger partial charge on any atom is -0.452 e. The van der Waals surface area contributed by atoms with E-state index >= 15 is 0 Å². The first-order chi connectivity index (χ1) is 11.7. The lowest BCUT2D eigenvalue weighted by molar-refractivity contribution is 0.101. The Morgan fingerprint density at radius 1 is 0.833 bits per heavy atom. The van der Waals surface area contributed by atoms with Crippen molar-refractivity contribution in [3.8, 4) is 16.9 Å². The van der Waals surface area contributed by atoms with Crippen LogP contribution in [0.1, 0.15) is 15.9 Å². The van der Waals surface area contributed by atoms with Crippen molar-refractivity contribution in [2.24, 2.45) is 0 Å². The molecule has 0 unspecified atom stereocenters. The van der Waals surface area contributed by atoms with Crippen LogP contribution in [-0.4, -0.2) is 5.78 Å². The Bertz CT molecular complexity index is 956. The van der Waals surface area contributed by atoms with Gasteiger partial charge in [0.15, 0.2) is 5.76 Å². The topological polar surface area (TPSA) is 26.3 Å². The molecule has 3 heteroatoms. The van der Waals surface area contributed by atoms with Crippen molar-refractivity contribution in [1.29, 1.82) is 0 Å². The molecule has 1 aliphatic rings. The maximum absolute atomic E-state index is 13.1. The van der Waals surface area contributed by atoms with E-state index in [0.29, 0.717) is 17.1 Å². The number of para-hydroxylation sites is 1. The molecular formula is C21H13FO2. The molecule has 0 atom stereocenters. The summed E-state index contributed by atoms with van der Waals surface area (Å²) in [6.07, 6.45) is 1.73. The number of ketones is 1. The zero-order valence-electron chi connectivity index (χ0n) is 12.7. The highest BCUT2D eigenvalue weighted by Gasteiger charge is 2.26. The fraction of sp³-hybridized carbons (Fsp3) is 0. The highest BCUT2D eigenvalue weighted by Crippen LogP contribution is 2.31. The Morgan fingerprint density at radius 3 is 2.42 bits per heavy atom. The number of ether oxygens (including phenoxy) is 1. The Labute approximate surface area is 138 Å². The molecule has 0 aromatic heterocycles. The van der Waals surface area contributed by atoms with Gasteiger partial charge in [0.25, 0.3) is 0 Å². The molecule has 24 heavy (non-hydrogen) atoms. The molecule has 0 N–H and O–H groups in total. The minimum atomic E-state index is -0.264. The summed E-state index contributed by atoms with van der Waals surface area (Å²) < 4.78 is 18.7. The number of rotatable bonds is 2. The van der Waals surface area contributed by atoms with Crippen LogP contribution in [0.2, 0.25) is 0 Å². The third-order valence-corrected chi connectivity index (χ3v) is 3.94. The van der Waals surface area contributed by atoms with Crippen molar-refractivity contribution in [1.82, 2.24) is 0 Å². The van der Waals surface area contributed by atoms with Crippen LogP contribution >= 0.6 is 0 Å². The van der Waals surface area contributed by atoms with Crippen molar-refractivity contribution in [2.75, 3.05) is 0 Å². The molecule has 2 nitrogen and oxygen atoms in total. The van der Waals surface area contributed by atoms with Crippen molar-refractivity contribution >= 4 is 11.9 Å². The Balaban J connectivity index is 1.68. The standard InChI is InChI=1S/C21H13FO2/c22-17-10-8-15(9-11-17)16-5-3-4-14(12-16)13-20-21(23)18-6-1-2-7-19(18)24-20/h1-13H/b20-13-. The SMILES string of the molecule is O=C1/C(=C/c2cccc(-c3ccc(F)cc3)c2)Oc2ccccc21. The summed E-state index contributed by atoms with van der Waals surface area (Å²) >= 11 is 0. The maximum atomic E-state index is 13.1. The number of halogens is 1. The van der Waals surface area contributed by atoms with E-state index in [2.05, 4.69) is 0 Å². The molecule has 0 amide bonds. The number of carbonyl (C=O) groups excluding carboxylic acids is 1. The number of hydrogen-bond acceptors (Lipinski definition) is 2. The summed E-state index contributed by atoms with van der Waals surface area (Å²) in [7, 11) is 0. The summed E-state index contributed by atoms with van der Waals surface area (Å²) in [5.74, 6) is 0.522. The largest absolute Gasteiger partial charge is 0.452 e. The van der Waals surface area contributed by atoms with Crippen LogP contribution in [0.3, 0.4) is 0 Å². The molecule has 1 heterocycles. The lowest BCUT2D eigenvalue weighted by Crippen LogP contribution is -1.98. The van der Waals surface area contributed by atoms with E-state index in [4.69, 9.17) is 4.74 Å². The second-order valence-electron chi connectivity index (χ2n) is 5.57. The fourth-order valence-corrected chi connectivity index (χ4v) is 2.74. The molecular weight excluding hydrogens is 303 g/mol. The van der Waals surface area contributed by atoms with Gasteiger partial charge in [0.1, 0.15) is 11.6 Å². The lowest BCUT2D eigenvalue weighted by atomic mass is 10.0. The van der Waals surface area contributed by atoms with E-state index in [1.54, 1.807) is 30.3 Å². The first-order valence-corrected chi connectivity index (χ1v) is 7.60. The number of carbonyl (C=O) groups is 1. The monoisotopic (exact) mass is 316 g/mol. The average molecular weight is 316 g/mol. The minimum absolute atomic E-state index is 0.113. The van der Waals surface area contributed by atoms with Crippen LogP contribution in [0.25, 0.3) is 17.2 Å². The molecule has 116 valence electrons. The zero-order valence-corrected chi connectivity index (χ0v) is 12.7. The predicted molar refractivity (Wildman–Crippen MR) is 91.2 cm³/mol. The van der Waals surface area contributed by atoms with Crippen molar-refractivity contribution < 1.29 is 13.9 Å². The molecule has 0 fully saturated rings. The molecule has 0 saturated heterocycles. The summed E-state index contributed by atoms with van der Waals surface area (Å²) in [6, 6.07) is 21.2. The molecule has 0 aliphatic carbocycles. The van der Waals surface area contributed by atoms with Gasteiger partial charge in [-0.05, 0) is 53.1 Å². The molecule has 3 aromatic rings. The number of fused-ring (bicyclic) bond motifs is 1. The van der Waals surface area contributed by atoms with Crippen LogP contribution in [0.4, 0.5) is 4.39 Å². The number of Topliss-reactive ketones (excluding diaryl/α,β-unsaturated/α-hetero) is 1. The van der Waals surface area contributed by atoms with Gasteiger partial charge < -0.3 is 4.74 Å². The lowest BCUT2D eigenvalue weighted by Gasteiger charge is -2.04. The van der Waals surface area contributed by atoms with Crippen molar-refractivity contribution in [3.05, 3.63) is 95.5 Å². The van der Waals surface area contributed by atoms with Gasteiger partial charge in [-0.3, -0.25) is 4.79 Å². The van der Waals surface area contributed by atoms with Crippen molar-refractivity contribution in [3.63, 3.8) is 0 Å². The Hall–Kier alpha value is -3.20. The van der Waals surface area contributed by atoms with Crippen molar-refractivity contribution in [2.45, 2.75) is 0 Å². The summed E-state index contributed by atoms with van der Waals surface area (Å²) in [4.78, 5) is 12.4. The summed E-state index contributed by atoms with van der Waals surface area (Å²) in [5, 5.41) is 0. The fourth-order valence-electron chi connectivity index (χ4n) is 2.74. The highest BCUT2D eigenvalue weighted by atomic mass is 19.1. The van der Waals surface area contributed by atoms with E-state index < -0.39 is 0 Å². The maximum Gasteiger partial charge on any atom is 0.231 e. The van der Waals surface area contributed by atoms with Gasteiger partial charge in [0.2, 0.25) is 5.78 Å². The molecule has 3 aromatic carbocycles. The molecule has 1 aliphatic heterocycles. The molecule has 0 radical (unpaired) electrons. The van der Waals surface area contributed by atoms with Gasteiger partial charge in [-0.25, -0.2) is 4.39 Å². The van der Waals surface area contributed by atoms with Crippen LogP contribution in [0.15, 0.2) is 78.6 Å². The van der Waals surface area contributed by atoms with Gasteiger partial charge in [-0.15, -0.1) is 0 Å². The third-order valence-electron chi connectivity index (χ3n) is 3.94. The first kappa shape index (κ1) is 14.4. The number of allylic oxidation sites excluding steroid dienone is 1. The second kappa shape index (κ2) is 5.78. The normalized spacial score (nSPS) is 14.5. The third kappa shape index (κ3) is 2.61. The van der Waals surface area contributed by atoms with E-state index in [0.717, 1.165) is 16.7 Å². The smallest absolute Gasteiger partial charge is 0.231 e. The van der Waals surface area contributed by atoms with E-state index in [9.17, 15) is 9.18 Å². The summed E-state index contributed by atoms with van der Waals surface area (Å²) in [6.45, 7) is 0. The average Bonchev–Trinajstić information content (AvgIpc) is 2.92. The number of benzene rings is 3. The van der Waals surface area contributed by atoms with Crippen LogP contribution in [0, 0.1) is 5.82 Å². The highest BCUT2D eigenvalue weighted by molar-refractivity contribution is 6.14. The quantitative estimate of drug-likeness (QED) is 0.614. The Kier molecular flexibility index (Phi) is 3.47. The number of hydrogen-bond donors (Lipinski definition) is 0. The van der Waals surface area contributed by atoms with Gasteiger partial charge in [-0.1, -0.05) is 42.5 Å². The van der Waals surface area contributed by atoms with E-state index in [1.165, 1.54) is 12.1 Å². The zero-order chi connectivity index (χ0) is 16.5. The van der Waals surface area contributed by atoms with Crippen LogP contribution < -0.4 is 4.74 Å². The second-order valence-corrected chi connectivity index (χ2v) is 5.57.